The van der Waals surface area contributed by atoms with E-state index in [-0.39, 0.29) is 0 Å². The van der Waals surface area contributed by atoms with Gasteiger partial charge in [0.05, 0.1) is 5.69 Å². The highest BCUT2D eigenvalue weighted by Crippen LogP contribution is 2.27. The molecule has 1 aliphatic heterocycles. The summed E-state index contributed by atoms with van der Waals surface area (Å²) in [5, 5.41) is 7.30. The molecule has 1 aliphatic rings. The van der Waals surface area contributed by atoms with Gasteiger partial charge in [-0.15, -0.1) is 0 Å². The summed E-state index contributed by atoms with van der Waals surface area (Å²) in [6.45, 7) is 0.863. The monoisotopic (exact) mass is 212 g/mol. The van der Waals surface area contributed by atoms with Crippen LogP contribution >= 0.6 is 11.8 Å². The van der Waals surface area contributed by atoms with Crippen molar-refractivity contribution < 1.29 is 4.79 Å². The van der Waals surface area contributed by atoms with E-state index in [1.165, 1.54) is 4.68 Å². The smallest absolute Gasteiger partial charge is 0.341 e. The molecule has 2 rings (SSSR count). The van der Waals surface area contributed by atoms with Gasteiger partial charge in [-0.05, 0) is 12.7 Å². The summed E-state index contributed by atoms with van der Waals surface area (Å²) in [5.41, 5.74) is 7.32. The fraction of sp³-hybridized carbons (Fsp3) is 0.500. The van der Waals surface area contributed by atoms with Gasteiger partial charge in [0.15, 0.2) is 0 Å². The molecule has 2 heterocycles. The van der Waals surface area contributed by atoms with Crippen LogP contribution in [-0.4, -0.2) is 28.6 Å². The Morgan fingerprint density at radius 3 is 3.21 bits per heavy atom. The lowest BCUT2D eigenvalue weighted by molar-refractivity contribution is 0.248. The van der Waals surface area contributed by atoms with Crippen molar-refractivity contribution in [3.05, 3.63) is 11.3 Å². The second-order valence-electron chi connectivity index (χ2n) is 3.13. The number of amides is 1. The highest BCUT2D eigenvalue weighted by molar-refractivity contribution is 7.97. The Bertz CT molecular complexity index is 374. The van der Waals surface area contributed by atoms with E-state index in [9.17, 15) is 4.79 Å². The number of nitrogens with two attached hydrogens (primary N) is 1. The molecule has 1 aromatic heterocycles. The van der Waals surface area contributed by atoms with E-state index in [0.717, 1.165) is 35.8 Å². The quantitative estimate of drug-likeness (QED) is 0.754. The second kappa shape index (κ2) is 3.53. The minimum atomic E-state index is -0.525. The maximum atomic E-state index is 11.1. The molecule has 0 aliphatic carbocycles. The number of rotatable bonds is 2. The van der Waals surface area contributed by atoms with Crippen molar-refractivity contribution in [2.75, 3.05) is 18.1 Å². The van der Waals surface area contributed by atoms with Crippen LogP contribution in [0.15, 0.2) is 0 Å². The van der Waals surface area contributed by atoms with Crippen LogP contribution in [0.25, 0.3) is 0 Å². The van der Waals surface area contributed by atoms with Gasteiger partial charge in [-0.3, -0.25) is 0 Å². The van der Waals surface area contributed by atoms with E-state index in [1.54, 1.807) is 11.8 Å². The first-order valence-corrected chi connectivity index (χ1v) is 5.77. The van der Waals surface area contributed by atoms with E-state index < -0.39 is 6.03 Å². The van der Waals surface area contributed by atoms with Crippen LogP contribution in [0.1, 0.15) is 11.3 Å². The maximum Gasteiger partial charge on any atom is 0.341 e. The molecule has 6 heteroatoms. The van der Waals surface area contributed by atoms with Crippen LogP contribution < -0.4 is 11.1 Å². The fourth-order valence-electron chi connectivity index (χ4n) is 1.66. The summed E-state index contributed by atoms with van der Waals surface area (Å²) in [7, 11) is 0. The van der Waals surface area contributed by atoms with E-state index in [1.807, 2.05) is 6.26 Å². The molecular weight excluding hydrogens is 200 g/mol. The second-order valence-corrected chi connectivity index (χ2v) is 4.00. The summed E-state index contributed by atoms with van der Waals surface area (Å²) in [6, 6.07) is -0.525. The average Bonchev–Trinajstić information content (AvgIpc) is 2.67. The summed E-state index contributed by atoms with van der Waals surface area (Å²) < 4.78 is 1.26. The van der Waals surface area contributed by atoms with E-state index >= 15 is 0 Å². The molecule has 5 nitrogen and oxygen atoms in total. The zero-order valence-electron chi connectivity index (χ0n) is 7.91. The van der Waals surface area contributed by atoms with Crippen LogP contribution in [-0.2, 0) is 12.2 Å². The Morgan fingerprint density at radius 2 is 2.57 bits per heavy atom. The molecule has 0 saturated carbocycles. The summed E-state index contributed by atoms with van der Waals surface area (Å²) in [5.74, 6) is 1.60. The van der Waals surface area contributed by atoms with Gasteiger partial charge in [-0.1, -0.05) is 0 Å². The molecular formula is C8H12N4OS. The van der Waals surface area contributed by atoms with Gasteiger partial charge in [-0.2, -0.15) is 21.5 Å². The SMILES string of the molecule is CSCc1nn(C(N)=O)c2c1CCN2. The number of nitrogens with zero attached hydrogens (tertiary/aromatic N) is 2. The Labute approximate surface area is 86.0 Å². The largest absolute Gasteiger partial charge is 0.369 e. The molecule has 0 fully saturated rings. The van der Waals surface area contributed by atoms with Crippen LogP contribution in [0.3, 0.4) is 0 Å². The lowest BCUT2D eigenvalue weighted by Gasteiger charge is -1.99. The van der Waals surface area contributed by atoms with Gasteiger partial charge in [0.1, 0.15) is 5.82 Å². The third-order valence-corrected chi connectivity index (χ3v) is 2.79. The number of fused-ring (bicyclic) bond motifs is 1. The lowest BCUT2D eigenvalue weighted by atomic mass is 10.2. The van der Waals surface area contributed by atoms with E-state index in [2.05, 4.69) is 10.4 Å². The predicted octanol–water partition coefficient (Wildman–Crippen LogP) is 0.641. The number of nitrogens with one attached hydrogen (secondary N) is 1. The highest BCUT2D eigenvalue weighted by Gasteiger charge is 2.23. The zero-order valence-corrected chi connectivity index (χ0v) is 8.73. The number of anilines is 1. The Hall–Kier alpha value is -1.17. The first-order chi connectivity index (χ1) is 6.74. The zero-order chi connectivity index (χ0) is 10.1. The lowest BCUT2D eigenvalue weighted by Crippen LogP contribution is -2.22. The molecule has 0 radical (unpaired) electrons. The van der Waals surface area contributed by atoms with Crippen molar-refractivity contribution in [3.8, 4) is 0 Å². The molecule has 0 unspecified atom stereocenters. The molecule has 0 bridgehead atoms. The maximum absolute atomic E-state index is 11.1. The standard InChI is InChI=1S/C8H12N4OS/c1-14-4-6-5-2-3-10-7(5)12(11-6)8(9)13/h10H,2-4H2,1H3,(H2,9,13). The Morgan fingerprint density at radius 1 is 1.79 bits per heavy atom. The molecule has 1 aromatic rings. The molecule has 0 aromatic carbocycles. The fourth-order valence-corrected chi connectivity index (χ4v) is 2.16. The normalized spacial score (nSPS) is 13.8. The summed E-state index contributed by atoms with van der Waals surface area (Å²) in [6.07, 6.45) is 2.94. The Kier molecular flexibility index (Phi) is 2.37. The molecule has 3 N–H and O–H groups in total. The minimum absolute atomic E-state index is 0.525. The third kappa shape index (κ3) is 1.35. The summed E-state index contributed by atoms with van der Waals surface area (Å²) >= 11 is 1.69. The third-order valence-electron chi connectivity index (χ3n) is 2.22. The number of carbonyl (C=O) groups excluding carboxylic acids is 1. The van der Waals surface area contributed by atoms with Crippen molar-refractivity contribution in [1.29, 1.82) is 0 Å². The number of primary amides is 1. The van der Waals surface area contributed by atoms with Crippen molar-refractivity contribution in [2.24, 2.45) is 5.73 Å². The Balaban J connectivity index is 2.44. The number of hydrogen-bond acceptors (Lipinski definition) is 4. The van der Waals surface area contributed by atoms with Gasteiger partial charge in [0.2, 0.25) is 0 Å². The van der Waals surface area contributed by atoms with Crippen LogP contribution in [0.5, 0.6) is 0 Å². The molecule has 0 atom stereocenters. The number of thioether (sulfide) groups is 1. The molecule has 0 spiro atoms. The molecule has 76 valence electrons. The van der Waals surface area contributed by atoms with E-state index in [0.29, 0.717) is 0 Å². The first kappa shape index (κ1) is 9.39. The minimum Gasteiger partial charge on any atom is -0.369 e. The van der Waals surface area contributed by atoms with Gasteiger partial charge in [-0.25, -0.2) is 4.79 Å². The number of aromatic nitrogens is 2. The van der Waals surface area contributed by atoms with Crippen LogP contribution in [0.2, 0.25) is 0 Å². The van der Waals surface area contributed by atoms with Crippen molar-refractivity contribution in [1.82, 2.24) is 9.78 Å². The molecule has 1 amide bonds. The number of hydrogen-bond donors (Lipinski definition) is 2. The first-order valence-electron chi connectivity index (χ1n) is 4.37. The van der Waals surface area contributed by atoms with Gasteiger partial charge >= 0.3 is 6.03 Å². The van der Waals surface area contributed by atoms with Crippen molar-refractivity contribution in [2.45, 2.75) is 12.2 Å². The van der Waals surface area contributed by atoms with Crippen LogP contribution in [0.4, 0.5) is 10.6 Å². The van der Waals surface area contributed by atoms with Crippen LogP contribution in [0, 0.1) is 0 Å². The van der Waals surface area contributed by atoms with Crippen molar-refractivity contribution >= 4 is 23.6 Å². The molecule has 0 saturated heterocycles. The molecule has 14 heavy (non-hydrogen) atoms. The topological polar surface area (TPSA) is 72.9 Å². The van der Waals surface area contributed by atoms with Gasteiger partial charge in [0, 0.05) is 17.9 Å². The average molecular weight is 212 g/mol. The highest BCUT2D eigenvalue weighted by atomic mass is 32.2. The predicted molar refractivity (Wildman–Crippen MR) is 56.6 cm³/mol. The summed E-state index contributed by atoms with van der Waals surface area (Å²) in [4.78, 5) is 11.1. The van der Waals surface area contributed by atoms with Gasteiger partial charge < -0.3 is 11.1 Å². The number of carbonyl (C=O) groups is 1. The van der Waals surface area contributed by atoms with Crippen molar-refractivity contribution in [3.63, 3.8) is 0 Å². The van der Waals surface area contributed by atoms with E-state index in [4.69, 9.17) is 5.73 Å². The van der Waals surface area contributed by atoms with Gasteiger partial charge in [0.25, 0.3) is 0 Å².